The summed E-state index contributed by atoms with van der Waals surface area (Å²) in [5.74, 6) is 0.334. The summed E-state index contributed by atoms with van der Waals surface area (Å²) in [5.41, 5.74) is 4.31. The van der Waals surface area contributed by atoms with Crippen molar-refractivity contribution in [3.8, 4) is 0 Å². The summed E-state index contributed by atoms with van der Waals surface area (Å²) in [6.07, 6.45) is 8.40. The number of rotatable bonds is 5. The molecule has 1 fully saturated rings. The molecule has 0 bridgehead atoms. The average Bonchev–Trinajstić information content (AvgIpc) is 3.16. The molecule has 1 aromatic carbocycles. The fourth-order valence-corrected chi connectivity index (χ4v) is 4.91. The molecule has 0 saturated heterocycles. The van der Waals surface area contributed by atoms with E-state index in [1.807, 2.05) is 24.1 Å². The third kappa shape index (κ3) is 4.09. The molecular formula is C23H27N3OS. The lowest BCUT2D eigenvalue weighted by molar-refractivity contribution is -0.123. The van der Waals surface area contributed by atoms with Crippen LogP contribution in [0.25, 0.3) is 10.2 Å². The third-order valence-corrected chi connectivity index (χ3v) is 6.66. The lowest BCUT2D eigenvalue weighted by Gasteiger charge is -2.27. The number of anilines is 1. The van der Waals surface area contributed by atoms with Gasteiger partial charge in [-0.2, -0.15) is 0 Å². The zero-order valence-corrected chi connectivity index (χ0v) is 17.5. The van der Waals surface area contributed by atoms with Gasteiger partial charge in [0.15, 0.2) is 5.13 Å². The highest BCUT2D eigenvalue weighted by Gasteiger charge is 2.29. The minimum absolute atomic E-state index is 0.116. The highest BCUT2D eigenvalue weighted by molar-refractivity contribution is 7.22. The van der Waals surface area contributed by atoms with Crippen molar-refractivity contribution in [1.29, 1.82) is 0 Å². The Bertz CT molecular complexity index is 958. The first kappa shape index (κ1) is 19.1. The van der Waals surface area contributed by atoms with Crippen LogP contribution < -0.4 is 4.90 Å². The molecule has 2 aromatic heterocycles. The van der Waals surface area contributed by atoms with E-state index in [2.05, 4.69) is 36.2 Å². The van der Waals surface area contributed by atoms with Gasteiger partial charge in [-0.25, -0.2) is 4.98 Å². The molecule has 1 aliphatic rings. The van der Waals surface area contributed by atoms with Crippen LogP contribution in [0, 0.1) is 12.8 Å². The predicted molar refractivity (Wildman–Crippen MR) is 116 cm³/mol. The Kier molecular flexibility index (Phi) is 5.72. The number of benzene rings is 1. The summed E-state index contributed by atoms with van der Waals surface area (Å²) in [6, 6.07) is 10.5. The molecule has 1 amide bonds. The monoisotopic (exact) mass is 393 g/mol. The van der Waals surface area contributed by atoms with Gasteiger partial charge in [-0.3, -0.25) is 14.7 Å². The Morgan fingerprint density at radius 1 is 1.14 bits per heavy atom. The fourth-order valence-electron chi connectivity index (χ4n) is 3.88. The number of aryl methyl sites for hydroxylation is 2. The standard InChI is InChI=1S/C23H27N3OS/c1-3-17-11-12-20-21(13-17)28-23(25-20)26(15-18-10-9-16(2)24-14-18)22(27)19-7-5-4-6-8-19/h9-14,19H,3-8,15H2,1-2H3. The zero-order valence-electron chi connectivity index (χ0n) is 16.6. The highest BCUT2D eigenvalue weighted by Crippen LogP contribution is 2.34. The maximum absolute atomic E-state index is 13.4. The summed E-state index contributed by atoms with van der Waals surface area (Å²) >= 11 is 1.62. The van der Waals surface area contributed by atoms with Crippen molar-refractivity contribution >= 4 is 32.6 Å². The van der Waals surface area contributed by atoms with Crippen LogP contribution in [-0.2, 0) is 17.8 Å². The van der Waals surface area contributed by atoms with E-state index in [0.717, 1.165) is 58.7 Å². The van der Waals surface area contributed by atoms with Gasteiger partial charge in [0.05, 0.1) is 16.8 Å². The number of carbonyl (C=O) groups is 1. The molecule has 0 N–H and O–H groups in total. The molecule has 0 radical (unpaired) electrons. The lowest BCUT2D eigenvalue weighted by Crippen LogP contribution is -2.36. The van der Waals surface area contributed by atoms with Gasteiger partial charge in [-0.15, -0.1) is 0 Å². The maximum atomic E-state index is 13.4. The Morgan fingerprint density at radius 3 is 2.64 bits per heavy atom. The third-order valence-electron chi connectivity index (χ3n) is 5.61. The van der Waals surface area contributed by atoms with Crippen molar-refractivity contribution in [1.82, 2.24) is 9.97 Å². The van der Waals surface area contributed by atoms with Crippen molar-refractivity contribution in [2.75, 3.05) is 4.90 Å². The number of thiazole rings is 1. The molecule has 2 heterocycles. The summed E-state index contributed by atoms with van der Waals surface area (Å²) in [4.78, 5) is 24.6. The average molecular weight is 394 g/mol. The number of pyridine rings is 1. The first-order valence-electron chi connectivity index (χ1n) is 10.3. The maximum Gasteiger partial charge on any atom is 0.232 e. The molecule has 28 heavy (non-hydrogen) atoms. The molecule has 146 valence electrons. The Hall–Kier alpha value is -2.27. The van der Waals surface area contributed by atoms with Gasteiger partial charge in [-0.05, 0) is 55.5 Å². The number of hydrogen-bond acceptors (Lipinski definition) is 4. The number of fused-ring (bicyclic) bond motifs is 1. The quantitative estimate of drug-likeness (QED) is 0.560. The van der Waals surface area contributed by atoms with E-state index in [-0.39, 0.29) is 11.8 Å². The van der Waals surface area contributed by atoms with Gasteiger partial charge in [0.2, 0.25) is 5.91 Å². The van der Waals surface area contributed by atoms with Crippen LogP contribution in [0.5, 0.6) is 0 Å². The first-order chi connectivity index (χ1) is 13.6. The zero-order chi connectivity index (χ0) is 19.5. The second kappa shape index (κ2) is 8.39. The van der Waals surface area contributed by atoms with E-state index in [1.54, 1.807) is 11.3 Å². The smallest absolute Gasteiger partial charge is 0.232 e. The molecule has 0 aliphatic heterocycles. The predicted octanol–water partition coefficient (Wildman–Crippen LogP) is 5.68. The molecule has 5 heteroatoms. The van der Waals surface area contributed by atoms with Crippen LogP contribution in [0.4, 0.5) is 5.13 Å². The molecule has 4 rings (SSSR count). The van der Waals surface area contributed by atoms with Crippen LogP contribution in [-0.4, -0.2) is 15.9 Å². The summed E-state index contributed by atoms with van der Waals surface area (Å²) in [7, 11) is 0. The SMILES string of the molecule is CCc1ccc2nc(N(Cc3ccc(C)nc3)C(=O)C3CCCCC3)sc2c1. The molecule has 3 aromatic rings. The Morgan fingerprint density at radius 2 is 1.93 bits per heavy atom. The molecule has 0 unspecified atom stereocenters. The fraction of sp³-hybridized carbons (Fsp3) is 0.435. The van der Waals surface area contributed by atoms with Gasteiger partial charge in [0, 0.05) is 17.8 Å². The molecule has 4 nitrogen and oxygen atoms in total. The van der Waals surface area contributed by atoms with E-state index in [4.69, 9.17) is 4.98 Å². The van der Waals surface area contributed by atoms with Crippen LogP contribution in [0.15, 0.2) is 36.5 Å². The Labute approximate surface area is 170 Å². The summed E-state index contributed by atoms with van der Waals surface area (Å²) in [5, 5.41) is 0.805. The largest absolute Gasteiger partial charge is 0.283 e. The van der Waals surface area contributed by atoms with E-state index in [9.17, 15) is 4.79 Å². The van der Waals surface area contributed by atoms with Crippen molar-refractivity contribution < 1.29 is 4.79 Å². The minimum atomic E-state index is 0.116. The number of hydrogen-bond donors (Lipinski definition) is 0. The second-order valence-corrected chi connectivity index (χ2v) is 8.73. The van der Waals surface area contributed by atoms with Gasteiger partial charge >= 0.3 is 0 Å². The van der Waals surface area contributed by atoms with Gasteiger partial charge in [-0.1, -0.05) is 49.7 Å². The van der Waals surface area contributed by atoms with Crippen molar-refractivity contribution in [2.45, 2.75) is 58.9 Å². The number of amides is 1. The molecule has 1 aliphatic carbocycles. The van der Waals surface area contributed by atoms with Crippen molar-refractivity contribution in [3.05, 3.63) is 53.3 Å². The summed E-state index contributed by atoms with van der Waals surface area (Å²) in [6.45, 7) is 4.67. The second-order valence-electron chi connectivity index (χ2n) is 7.72. The number of carbonyl (C=O) groups excluding carboxylic acids is 1. The molecular weight excluding hydrogens is 366 g/mol. The topological polar surface area (TPSA) is 46.1 Å². The number of aromatic nitrogens is 2. The van der Waals surface area contributed by atoms with Crippen LogP contribution in [0.2, 0.25) is 0 Å². The van der Waals surface area contributed by atoms with E-state index in [0.29, 0.717) is 6.54 Å². The molecule has 1 saturated carbocycles. The normalized spacial score (nSPS) is 15.1. The Balaban J connectivity index is 1.68. The van der Waals surface area contributed by atoms with Gasteiger partial charge < -0.3 is 0 Å². The van der Waals surface area contributed by atoms with Crippen LogP contribution in [0.1, 0.15) is 55.8 Å². The molecule has 0 atom stereocenters. The van der Waals surface area contributed by atoms with Crippen molar-refractivity contribution in [2.24, 2.45) is 5.92 Å². The van der Waals surface area contributed by atoms with Crippen LogP contribution in [0.3, 0.4) is 0 Å². The van der Waals surface area contributed by atoms with Crippen molar-refractivity contribution in [3.63, 3.8) is 0 Å². The van der Waals surface area contributed by atoms with E-state index < -0.39 is 0 Å². The lowest BCUT2D eigenvalue weighted by atomic mass is 9.88. The summed E-state index contributed by atoms with van der Waals surface area (Å²) < 4.78 is 1.15. The van der Waals surface area contributed by atoms with Gasteiger partial charge in [0.25, 0.3) is 0 Å². The van der Waals surface area contributed by atoms with E-state index in [1.165, 1.54) is 12.0 Å². The van der Waals surface area contributed by atoms with Crippen LogP contribution >= 0.6 is 11.3 Å². The van der Waals surface area contributed by atoms with Gasteiger partial charge in [0.1, 0.15) is 0 Å². The number of nitrogens with zero attached hydrogens (tertiary/aromatic N) is 3. The van der Waals surface area contributed by atoms with E-state index >= 15 is 0 Å². The highest BCUT2D eigenvalue weighted by atomic mass is 32.1. The molecule has 0 spiro atoms. The first-order valence-corrected chi connectivity index (χ1v) is 11.1. The minimum Gasteiger partial charge on any atom is -0.283 e.